The first-order valence-electron chi connectivity index (χ1n) is 9.40. The van der Waals surface area contributed by atoms with Crippen LogP contribution >= 0.6 is 0 Å². The van der Waals surface area contributed by atoms with E-state index in [-0.39, 0.29) is 11.8 Å². The first kappa shape index (κ1) is 20.2. The van der Waals surface area contributed by atoms with Crippen LogP contribution in [0, 0.1) is 0 Å². The highest BCUT2D eigenvalue weighted by Gasteiger charge is 2.08. The van der Waals surface area contributed by atoms with Crippen LogP contribution in [0.15, 0.2) is 65.1 Å². The molecule has 0 saturated carbocycles. The predicted octanol–water partition coefficient (Wildman–Crippen LogP) is 4.16. The maximum absolute atomic E-state index is 12.2. The highest BCUT2D eigenvalue weighted by Crippen LogP contribution is 2.25. The standard InChI is InChI=1S/C23H24N2O4/c1-16(26)25-19-5-3-4-17(14-19)15-24-23(27)13-11-21-10-12-22(29-21)18-6-8-20(28-2)9-7-18/h3-10,12,14H,11,13,15H2,1-2H3,(H,24,27)(H,25,26). The van der Waals surface area contributed by atoms with Gasteiger partial charge in [0.15, 0.2) is 0 Å². The lowest BCUT2D eigenvalue weighted by Crippen LogP contribution is -2.23. The van der Waals surface area contributed by atoms with Gasteiger partial charge in [-0.05, 0) is 54.1 Å². The molecule has 3 aromatic rings. The van der Waals surface area contributed by atoms with Gasteiger partial charge in [-0.15, -0.1) is 0 Å². The molecule has 0 aliphatic carbocycles. The van der Waals surface area contributed by atoms with Crippen LogP contribution in [0.2, 0.25) is 0 Å². The number of methoxy groups -OCH3 is 1. The third-order valence-electron chi connectivity index (χ3n) is 4.37. The Hall–Kier alpha value is -3.54. The van der Waals surface area contributed by atoms with E-state index in [9.17, 15) is 9.59 Å². The monoisotopic (exact) mass is 392 g/mol. The lowest BCUT2D eigenvalue weighted by molar-refractivity contribution is -0.121. The molecule has 0 fully saturated rings. The fraction of sp³-hybridized carbons (Fsp3) is 0.217. The van der Waals surface area contributed by atoms with Gasteiger partial charge in [-0.3, -0.25) is 9.59 Å². The number of nitrogens with one attached hydrogen (secondary N) is 2. The van der Waals surface area contributed by atoms with Gasteiger partial charge in [-0.1, -0.05) is 12.1 Å². The summed E-state index contributed by atoms with van der Waals surface area (Å²) in [6.45, 7) is 1.87. The molecular formula is C23H24N2O4. The quantitative estimate of drug-likeness (QED) is 0.603. The SMILES string of the molecule is COc1ccc(-c2ccc(CCC(=O)NCc3cccc(NC(C)=O)c3)o2)cc1. The Morgan fingerprint density at radius 1 is 1.03 bits per heavy atom. The second-order valence-electron chi connectivity index (χ2n) is 6.65. The maximum atomic E-state index is 12.2. The van der Waals surface area contributed by atoms with Crippen LogP contribution in [-0.4, -0.2) is 18.9 Å². The van der Waals surface area contributed by atoms with Crippen LogP contribution in [0.3, 0.4) is 0 Å². The van der Waals surface area contributed by atoms with Crippen LogP contribution in [0.25, 0.3) is 11.3 Å². The third kappa shape index (κ3) is 5.97. The second kappa shape index (κ2) is 9.59. The van der Waals surface area contributed by atoms with Gasteiger partial charge in [-0.25, -0.2) is 0 Å². The van der Waals surface area contributed by atoms with Gasteiger partial charge in [0.25, 0.3) is 0 Å². The Bertz CT molecular complexity index is 977. The van der Waals surface area contributed by atoms with Gasteiger partial charge >= 0.3 is 0 Å². The summed E-state index contributed by atoms with van der Waals surface area (Å²) in [6.07, 6.45) is 0.856. The summed E-state index contributed by atoms with van der Waals surface area (Å²) in [7, 11) is 1.63. The summed E-state index contributed by atoms with van der Waals surface area (Å²) < 4.78 is 11.0. The minimum absolute atomic E-state index is 0.0580. The number of carbonyl (C=O) groups excluding carboxylic acids is 2. The molecule has 1 heterocycles. The molecule has 29 heavy (non-hydrogen) atoms. The highest BCUT2D eigenvalue weighted by molar-refractivity contribution is 5.88. The van der Waals surface area contributed by atoms with Gasteiger partial charge in [-0.2, -0.15) is 0 Å². The average Bonchev–Trinajstić information content (AvgIpc) is 3.20. The molecule has 2 aromatic carbocycles. The number of furan rings is 1. The zero-order valence-electron chi connectivity index (χ0n) is 16.5. The van der Waals surface area contributed by atoms with Gasteiger partial charge in [0.2, 0.25) is 11.8 Å². The smallest absolute Gasteiger partial charge is 0.221 e. The van der Waals surface area contributed by atoms with Crippen molar-refractivity contribution >= 4 is 17.5 Å². The Balaban J connectivity index is 1.48. The second-order valence-corrected chi connectivity index (χ2v) is 6.65. The van der Waals surface area contributed by atoms with Crippen molar-refractivity contribution in [1.82, 2.24) is 5.32 Å². The topological polar surface area (TPSA) is 80.6 Å². The van der Waals surface area contributed by atoms with E-state index in [0.29, 0.717) is 25.1 Å². The van der Waals surface area contributed by atoms with E-state index in [0.717, 1.165) is 28.4 Å². The Morgan fingerprint density at radius 2 is 1.83 bits per heavy atom. The minimum Gasteiger partial charge on any atom is -0.497 e. The van der Waals surface area contributed by atoms with E-state index < -0.39 is 0 Å². The van der Waals surface area contributed by atoms with Crippen LogP contribution in [0.5, 0.6) is 5.75 Å². The molecule has 1 aromatic heterocycles. The number of hydrogen-bond donors (Lipinski definition) is 2. The normalized spacial score (nSPS) is 10.4. The van der Waals surface area contributed by atoms with Crippen molar-refractivity contribution in [2.24, 2.45) is 0 Å². The molecule has 6 heteroatoms. The number of benzene rings is 2. The average molecular weight is 392 g/mol. The lowest BCUT2D eigenvalue weighted by Gasteiger charge is -2.07. The predicted molar refractivity (Wildman–Crippen MR) is 112 cm³/mol. The van der Waals surface area contributed by atoms with E-state index in [1.165, 1.54) is 6.92 Å². The third-order valence-corrected chi connectivity index (χ3v) is 4.37. The summed E-state index contributed by atoms with van der Waals surface area (Å²) >= 11 is 0. The largest absolute Gasteiger partial charge is 0.497 e. The van der Waals surface area contributed by atoms with Crippen molar-refractivity contribution in [2.75, 3.05) is 12.4 Å². The van der Waals surface area contributed by atoms with E-state index in [4.69, 9.17) is 9.15 Å². The van der Waals surface area contributed by atoms with Crippen molar-refractivity contribution < 1.29 is 18.7 Å². The number of ether oxygens (including phenoxy) is 1. The molecule has 0 aliphatic heterocycles. The number of amides is 2. The van der Waals surface area contributed by atoms with Crippen LogP contribution in [-0.2, 0) is 22.6 Å². The fourth-order valence-electron chi connectivity index (χ4n) is 2.91. The molecule has 2 amide bonds. The van der Waals surface area contributed by atoms with Crippen LogP contribution in [0.4, 0.5) is 5.69 Å². The van der Waals surface area contributed by atoms with E-state index in [1.54, 1.807) is 7.11 Å². The lowest BCUT2D eigenvalue weighted by atomic mass is 10.1. The summed E-state index contributed by atoms with van der Waals surface area (Å²) in [6, 6.07) is 18.8. The number of anilines is 1. The van der Waals surface area contributed by atoms with Gasteiger partial charge in [0, 0.05) is 37.6 Å². The molecule has 3 rings (SSSR count). The fourth-order valence-corrected chi connectivity index (χ4v) is 2.91. The molecule has 0 atom stereocenters. The molecule has 0 spiro atoms. The van der Waals surface area contributed by atoms with Crippen LogP contribution < -0.4 is 15.4 Å². The molecular weight excluding hydrogens is 368 g/mol. The number of hydrogen-bond acceptors (Lipinski definition) is 4. The molecule has 6 nitrogen and oxygen atoms in total. The number of carbonyl (C=O) groups is 2. The number of aryl methyl sites for hydroxylation is 1. The van der Waals surface area contributed by atoms with E-state index in [2.05, 4.69) is 10.6 Å². The highest BCUT2D eigenvalue weighted by atomic mass is 16.5. The zero-order chi connectivity index (χ0) is 20.6. The molecule has 0 aliphatic rings. The molecule has 2 N–H and O–H groups in total. The summed E-state index contributed by atoms with van der Waals surface area (Å²) in [4.78, 5) is 23.3. The van der Waals surface area contributed by atoms with Crippen LogP contribution in [0.1, 0.15) is 24.7 Å². The molecule has 0 radical (unpaired) electrons. The Kier molecular flexibility index (Phi) is 6.68. The van der Waals surface area contributed by atoms with Crippen molar-refractivity contribution in [3.8, 4) is 17.1 Å². The van der Waals surface area contributed by atoms with Gasteiger partial charge in [0.1, 0.15) is 17.3 Å². The summed E-state index contributed by atoms with van der Waals surface area (Å²) in [5.41, 5.74) is 2.59. The first-order chi connectivity index (χ1) is 14.0. The molecule has 0 saturated heterocycles. The molecule has 0 unspecified atom stereocenters. The van der Waals surface area contributed by atoms with E-state index in [1.807, 2.05) is 60.7 Å². The van der Waals surface area contributed by atoms with Gasteiger partial charge in [0.05, 0.1) is 7.11 Å². The molecule has 150 valence electrons. The van der Waals surface area contributed by atoms with Crippen molar-refractivity contribution in [1.29, 1.82) is 0 Å². The van der Waals surface area contributed by atoms with Crippen molar-refractivity contribution in [2.45, 2.75) is 26.3 Å². The molecule has 0 bridgehead atoms. The van der Waals surface area contributed by atoms with Crippen molar-refractivity contribution in [3.63, 3.8) is 0 Å². The van der Waals surface area contributed by atoms with Gasteiger partial charge < -0.3 is 19.8 Å². The maximum Gasteiger partial charge on any atom is 0.221 e. The summed E-state index contributed by atoms with van der Waals surface area (Å²) in [5.74, 6) is 2.13. The summed E-state index contributed by atoms with van der Waals surface area (Å²) in [5, 5.41) is 5.62. The Labute approximate surface area is 169 Å². The van der Waals surface area contributed by atoms with E-state index >= 15 is 0 Å². The first-order valence-corrected chi connectivity index (χ1v) is 9.40. The minimum atomic E-state index is -0.126. The number of rotatable bonds is 8. The van der Waals surface area contributed by atoms with Crippen molar-refractivity contribution in [3.05, 3.63) is 72.0 Å². The zero-order valence-corrected chi connectivity index (χ0v) is 16.5. The Morgan fingerprint density at radius 3 is 2.55 bits per heavy atom.